The monoisotopic (exact) mass is 426 g/mol. The first-order valence-corrected chi connectivity index (χ1v) is 11.1. The van der Waals surface area contributed by atoms with Gasteiger partial charge in [-0.1, -0.05) is 24.3 Å². The van der Waals surface area contributed by atoms with E-state index in [1.54, 1.807) is 44.6 Å². The molecule has 158 valence electrons. The van der Waals surface area contributed by atoms with Crippen LogP contribution < -0.4 is 10.0 Å². The van der Waals surface area contributed by atoms with Gasteiger partial charge in [0.1, 0.15) is 0 Å². The fraction of sp³-hybridized carbons (Fsp3) is 0.273. The van der Waals surface area contributed by atoms with Crippen LogP contribution in [-0.4, -0.2) is 29.6 Å². The van der Waals surface area contributed by atoms with Gasteiger partial charge in [-0.25, -0.2) is 17.8 Å². The van der Waals surface area contributed by atoms with Crippen LogP contribution in [0.4, 0.5) is 0 Å². The summed E-state index contributed by atoms with van der Waals surface area (Å²) >= 11 is 0. The molecule has 7 nitrogen and oxygen atoms in total. The highest BCUT2D eigenvalue weighted by Gasteiger charge is 2.23. The lowest BCUT2D eigenvalue weighted by atomic mass is 10.1. The molecule has 0 spiro atoms. The van der Waals surface area contributed by atoms with Crippen LogP contribution in [0.3, 0.4) is 0 Å². The minimum absolute atomic E-state index is 0.0603. The standard InChI is InChI=1S/C22H26N4O3S/c1-16-10-11-18(30(28,29)25-22(2,3)4)14-19(16)21(27)23-15-17-8-5-6-9-20(17)26-13-7-12-24-26/h5-14,25H,15H2,1-4H3,(H,23,27). The van der Waals surface area contributed by atoms with Gasteiger partial charge in [0.2, 0.25) is 10.0 Å². The van der Waals surface area contributed by atoms with Crippen molar-refractivity contribution in [3.05, 3.63) is 77.6 Å². The average molecular weight is 427 g/mol. The number of hydrogen-bond donors (Lipinski definition) is 2. The molecule has 0 radical (unpaired) electrons. The van der Waals surface area contributed by atoms with E-state index in [-0.39, 0.29) is 17.3 Å². The van der Waals surface area contributed by atoms with Crippen LogP contribution in [0.1, 0.15) is 42.3 Å². The SMILES string of the molecule is Cc1ccc(S(=O)(=O)NC(C)(C)C)cc1C(=O)NCc1ccccc1-n1cccn1. The van der Waals surface area contributed by atoms with E-state index in [1.807, 2.05) is 36.5 Å². The van der Waals surface area contributed by atoms with Gasteiger partial charge < -0.3 is 5.32 Å². The largest absolute Gasteiger partial charge is 0.348 e. The quantitative estimate of drug-likeness (QED) is 0.633. The van der Waals surface area contributed by atoms with Crippen LogP contribution in [0.5, 0.6) is 0 Å². The molecule has 0 saturated heterocycles. The van der Waals surface area contributed by atoms with E-state index in [1.165, 1.54) is 12.1 Å². The number of hydrogen-bond acceptors (Lipinski definition) is 4. The summed E-state index contributed by atoms with van der Waals surface area (Å²) in [4.78, 5) is 12.9. The van der Waals surface area contributed by atoms with Gasteiger partial charge in [0.15, 0.2) is 0 Å². The van der Waals surface area contributed by atoms with Crippen LogP contribution in [0.25, 0.3) is 5.69 Å². The maximum absolute atomic E-state index is 12.9. The molecule has 1 heterocycles. The second kappa shape index (κ2) is 8.41. The number of carbonyl (C=O) groups excluding carboxylic acids is 1. The first kappa shape index (κ1) is 21.7. The van der Waals surface area contributed by atoms with Gasteiger partial charge >= 0.3 is 0 Å². The fourth-order valence-corrected chi connectivity index (χ4v) is 4.49. The van der Waals surface area contributed by atoms with Crippen molar-refractivity contribution in [3.63, 3.8) is 0 Å². The Morgan fingerprint density at radius 1 is 1.10 bits per heavy atom. The van der Waals surface area contributed by atoms with Gasteiger partial charge in [-0.2, -0.15) is 5.10 Å². The highest BCUT2D eigenvalue weighted by molar-refractivity contribution is 7.89. The highest BCUT2D eigenvalue weighted by Crippen LogP contribution is 2.18. The lowest BCUT2D eigenvalue weighted by molar-refractivity contribution is 0.0950. The number of rotatable bonds is 6. The molecule has 3 aromatic rings. The van der Waals surface area contributed by atoms with Crippen molar-refractivity contribution >= 4 is 15.9 Å². The summed E-state index contributed by atoms with van der Waals surface area (Å²) in [6.07, 6.45) is 3.53. The van der Waals surface area contributed by atoms with Gasteiger partial charge in [0.05, 0.1) is 10.6 Å². The first-order chi connectivity index (χ1) is 14.1. The van der Waals surface area contributed by atoms with Crippen LogP contribution in [0.15, 0.2) is 65.8 Å². The molecule has 0 aliphatic rings. The third-order valence-electron chi connectivity index (χ3n) is 4.39. The van der Waals surface area contributed by atoms with E-state index >= 15 is 0 Å². The van der Waals surface area contributed by atoms with E-state index in [2.05, 4.69) is 15.1 Å². The molecule has 0 aliphatic heterocycles. The number of carbonyl (C=O) groups is 1. The fourth-order valence-electron chi connectivity index (χ4n) is 3.04. The predicted molar refractivity (Wildman–Crippen MR) is 116 cm³/mol. The Morgan fingerprint density at radius 2 is 1.83 bits per heavy atom. The lowest BCUT2D eigenvalue weighted by Gasteiger charge is -2.20. The number of nitrogens with one attached hydrogen (secondary N) is 2. The number of aromatic nitrogens is 2. The first-order valence-electron chi connectivity index (χ1n) is 9.57. The smallest absolute Gasteiger partial charge is 0.251 e. The van der Waals surface area contributed by atoms with Gasteiger partial charge in [0.25, 0.3) is 5.91 Å². The third kappa shape index (κ3) is 5.14. The van der Waals surface area contributed by atoms with Crippen molar-refractivity contribution in [2.24, 2.45) is 0 Å². The Hall–Kier alpha value is -2.97. The molecular weight excluding hydrogens is 400 g/mol. The molecule has 0 unspecified atom stereocenters. The van der Waals surface area contributed by atoms with Crippen molar-refractivity contribution in [1.29, 1.82) is 0 Å². The van der Waals surface area contributed by atoms with E-state index in [4.69, 9.17) is 0 Å². The van der Waals surface area contributed by atoms with Crippen LogP contribution in [-0.2, 0) is 16.6 Å². The Labute approximate surface area is 177 Å². The maximum Gasteiger partial charge on any atom is 0.251 e. The van der Waals surface area contributed by atoms with Crippen molar-refractivity contribution in [1.82, 2.24) is 19.8 Å². The number of benzene rings is 2. The molecule has 1 aromatic heterocycles. The molecular formula is C22H26N4O3S. The third-order valence-corrected chi connectivity index (χ3v) is 6.14. The maximum atomic E-state index is 12.9. The zero-order valence-electron chi connectivity index (χ0n) is 17.5. The second-order valence-electron chi connectivity index (χ2n) is 8.09. The van der Waals surface area contributed by atoms with Gasteiger partial charge in [0, 0.05) is 30.0 Å². The van der Waals surface area contributed by atoms with Gasteiger partial charge in [-0.3, -0.25) is 4.79 Å². The summed E-state index contributed by atoms with van der Waals surface area (Å²) in [6, 6.07) is 14.0. The molecule has 0 atom stereocenters. The Balaban J connectivity index is 1.82. The van der Waals surface area contributed by atoms with E-state index < -0.39 is 15.6 Å². The van der Waals surface area contributed by atoms with Gasteiger partial charge in [-0.15, -0.1) is 0 Å². The normalized spacial score (nSPS) is 12.0. The summed E-state index contributed by atoms with van der Waals surface area (Å²) in [6.45, 7) is 7.36. The predicted octanol–water partition coefficient (Wildman–Crippen LogP) is 3.19. The van der Waals surface area contributed by atoms with Crippen molar-refractivity contribution in [2.75, 3.05) is 0 Å². The van der Waals surface area contributed by atoms with Crippen molar-refractivity contribution < 1.29 is 13.2 Å². The zero-order chi connectivity index (χ0) is 21.9. The van der Waals surface area contributed by atoms with Gasteiger partial charge in [-0.05, 0) is 63.1 Å². The Morgan fingerprint density at radius 3 is 2.50 bits per heavy atom. The summed E-state index contributed by atoms with van der Waals surface area (Å²) in [5, 5.41) is 7.13. The van der Waals surface area contributed by atoms with Crippen LogP contribution >= 0.6 is 0 Å². The average Bonchev–Trinajstić information content (AvgIpc) is 3.19. The zero-order valence-corrected chi connectivity index (χ0v) is 18.3. The summed E-state index contributed by atoms with van der Waals surface area (Å²) < 4.78 is 29.6. The number of aryl methyl sites for hydroxylation is 1. The number of nitrogens with zero attached hydrogens (tertiary/aromatic N) is 2. The van der Waals surface area contributed by atoms with E-state index in [9.17, 15) is 13.2 Å². The molecule has 1 amide bonds. The molecule has 30 heavy (non-hydrogen) atoms. The minimum atomic E-state index is -3.74. The number of sulfonamides is 1. The van der Waals surface area contributed by atoms with E-state index in [0.717, 1.165) is 11.3 Å². The van der Waals surface area contributed by atoms with Crippen molar-refractivity contribution in [3.8, 4) is 5.69 Å². The molecule has 8 heteroatoms. The van der Waals surface area contributed by atoms with E-state index in [0.29, 0.717) is 11.1 Å². The lowest BCUT2D eigenvalue weighted by Crippen LogP contribution is -2.40. The second-order valence-corrected chi connectivity index (χ2v) is 9.78. The summed E-state index contributed by atoms with van der Waals surface area (Å²) in [5.41, 5.74) is 2.16. The minimum Gasteiger partial charge on any atom is -0.348 e. The molecule has 0 aliphatic carbocycles. The highest BCUT2D eigenvalue weighted by atomic mass is 32.2. The topological polar surface area (TPSA) is 93.1 Å². The summed E-state index contributed by atoms with van der Waals surface area (Å²) in [5.74, 6) is -0.337. The Bertz CT molecular complexity index is 1150. The molecule has 2 aromatic carbocycles. The van der Waals surface area contributed by atoms with Crippen LogP contribution in [0.2, 0.25) is 0 Å². The Kier molecular flexibility index (Phi) is 6.09. The number of para-hydroxylation sites is 1. The molecule has 0 fully saturated rings. The van der Waals surface area contributed by atoms with Crippen LogP contribution in [0, 0.1) is 6.92 Å². The molecule has 0 bridgehead atoms. The summed E-state index contributed by atoms with van der Waals surface area (Å²) in [7, 11) is -3.74. The molecule has 3 rings (SSSR count). The van der Waals surface area contributed by atoms with Crippen molar-refractivity contribution in [2.45, 2.75) is 44.7 Å². The number of amides is 1. The molecule has 2 N–H and O–H groups in total. The molecule has 0 saturated carbocycles.